The molecule has 62 valence electrons. The van der Waals surface area contributed by atoms with Crippen LogP contribution in [0.5, 0.6) is 0 Å². The molecule has 1 aliphatic heterocycles. The van der Waals surface area contributed by atoms with Crippen molar-refractivity contribution >= 4 is 6.09 Å². The first-order chi connectivity index (χ1) is 5.27. The number of alkyl carbamates (subject to hydrolysis) is 1. The van der Waals surface area contributed by atoms with Gasteiger partial charge in [-0.15, -0.1) is 0 Å². The molecule has 0 spiro atoms. The maximum atomic E-state index is 10.6. The Kier molecular flexibility index (Phi) is 2.48. The second-order valence-electron chi connectivity index (χ2n) is 2.33. The lowest BCUT2D eigenvalue weighted by atomic mass is 10.2. The van der Waals surface area contributed by atoms with Crippen LogP contribution in [0.1, 0.15) is 6.92 Å². The summed E-state index contributed by atoms with van der Waals surface area (Å²) < 4.78 is 4.81. The van der Waals surface area contributed by atoms with Gasteiger partial charge in [0.25, 0.3) is 0 Å². The molecule has 1 fully saturated rings. The van der Waals surface area contributed by atoms with Gasteiger partial charge in [-0.3, -0.25) is 0 Å². The largest absolute Gasteiger partial charge is 0.440 e. The summed E-state index contributed by atoms with van der Waals surface area (Å²) in [6.07, 6.45) is 2.73. The summed E-state index contributed by atoms with van der Waals surface area (Å²) in [5.41, 5.74) is 0. The van der Waals surface area contributed by atoms with E-state index in [1.807, 2.05) is 6.92 Å². The maximum Gasteiger partial charge on any atom is 0.408 e. The lowest BCUT2D eigenvalue weighted by Crippen LogP contribution is -2.33. The van der Waals surface area contributed by atoms with E-state index in [9.17, 15) is 4.79 Å². The average molecular weight is 157 g/mol. The van der Waals surface area contributed by atoms with Gasteiger partial charge in [0.2, 0.25) is 0 Å². The monoisotopic (exact) mass is 157 g/mol. The lowest BCUT2D eigenvalue weighted by molar-refractivity contribution is 0.143. The Morgan fingerprint density at radius 2 is 2.55 bits per heavy atom. The zero-order chi connectivity index (χ0) is 8.27. The third-order valence-corrected chi connectivity index (χ3v) is 1.52. The molecule has 1 amide bonds. The van der Waals surface area contributed by atoms with Crippen molar-refractivity contribution in [3.8, 4) is 0 Å². The zero-order valence-electron chi connectivity index (χ0n) is 6.28. The highest BCUT2D eigenvalue weighted by Crippen LogP contribution is 2.09. The van der Waals surface area contributed by atoms with Gasteiger partial charge in [-0.2, -0.15) is 0 Å². The molecule has 1 rings (SSSR count). The van der Waals surface area contributed by atoms with Gasteiger partial charge in [0, 0.05) is 0 Å². The quantitative estimate of drug-likeness (QED) is 0.556. The standard InChI is InChI=1S/C7H11NO3/c1-2-3-6-5(4-9)8-7(10)11-6/h2-3,5-6,9H,4H2,1H3,(H,8,10). The highest BCUT2D eigenvalue weighted by atomic mass is 16.6. The number of rotatable bonds is 2. The van der Waals surface area contributed by atoms with Crippen LogP contribution >= 0.6 is 0 Å². The van der Waals surface area contributed by atoms with Crippen LogP contribution in [0.3, 0.4) is 0 Å². The van der Waals surface area contributed by atoms with E-state index in [0.29, 0.717) is 0 Å². The van der Waals surface area contributed by atoms with Crippen LogP contribution in [0.25, 0.3) is 0 Å². The molecule has 1 aliphatic rings. The third-order valence-electron chi connectivity index (χ3n) is 1.52. The molecular weight excluding hydrogens is 146 g/mol. The summed E-state index contributed by atoms with van der Waals surface area (Å²) in [4.78, 5) is 10.6. The summed E-state index contributed by atoms with van der Waals surface area (Å²) in [5.74, 6) is 0. The summed E-state index contributed by atoms with van der Waals surface area (Å²) in [5, 5.41) is 11.2. The number of carbonyl (C=O) groups excluding carboxylic acids is 1. The number of allylic oxidation sites excluding steroid dienone is 1. The van der Waals surface area contributed by atoms with Gasteiger partial charge in [0.1, 0.15) is 6.10 Å². The molecule has 2 N–H and O–H groups in total. The molecule has 1 saturated heterocycles. The van der Waals surface area contributed by atoms with Crippen molar-refractivity contribution in [2.45, 2.75) is 19.1 Å². The van der Waals surface area contributed by atoms with Gasteiger partial charge >= 0.3 is 6.09 Å². The van der Waals surface area contributed by atoms with Crippen molar-refractivity contribution in [2.75, 3.05) is 6.61 Å². The van der Waals surface area contributed by atoms with Gasteiger partial charge in [-0.1, -0.05) is 6.08 Å². The molecule has 4 nitrogen and oxygen atoms in total. The summed E-state index contributed by atoms with van der Waals surface area (Å²) in [7, 11) is 0. The van der Waals surface area contributed by atoms with Crippen LogP contribution < -0.4 is 5.32 Å². The van der Waals surface area contributed by atoms with Crippen LogP contribution in [0.2, 0.25) is 0 Å². The molecule has 0 aromatic heterocycles. The summed E-state index contributed by atoms with van der Waals surface area (Å²) in [6.45, 7) is 1.74. The van der Waals surface area contributed by atoms with Crippen molar-refractivity contribution in [3.05, 3.63) is 12.2 Å². The first-order valence-electron chi connectivity index (χ1n) is 3.48. The minimum atomic E-state index is -0.466. The van der Waals surface area contributed by atoms with E-state index in [1.54, 1.807) is 12.2 Å². The number of amides is 1. The van der Waals surface area contributed by atoms with E-state index in [4.69, 9.17) is 9.84 Å². The Hall–Kier alpha value is -1.03. The average Bonchev–Trinajstić information content (AvgIpc) is 2.32. The summed E-state index contributed by atoms with van der Waals surface area (Å²) in [6, 6.07) is -0.293. The number of hydrogen-bond donors (Lipinski definition) is 2. The molecule has 11 heavy (non-hydrogen) atoms. The normalized spacial score (nSPS) is 30.5. The topological polar surface area (TPSA) is 58.6 Å². The number of aliphatic hydroxyl groups is 1. The van der Waals surface area contributed by atoms with Crippen LogP contribution in [0.15, 0.2) is 12.2 Å². The molecule has 4 heteroatoms. The number of aliphatic hydroxyl groups excluding tert-OH is 1. The molecule has 0 radical (unpaired) electrons. The van der Waals surface area contributed by atoms with E-state index in [0.717, 1.165) is 0 Å². The first-order valence-corrected chi connectivity index (χ1v) is 3.48. The van der Waals surface area contributed by atoms with E-state index < -0.39 is 6.09 Å². The second kappa shape index (κ2) is 3.39. The van der Waals surface area contributed by atoms with Crippen molar-refractivity contribution in [1.29, 1.82) is 0 Å². The van der Waals surface area contributed by atoms with Gasteiger partial charge in [0.05, 0.1) is 12.6 Å². The van der Waals surface area contributed by atoms with Crippen LogP contribution in [0, 0.1) is 0 Å². The predicted octanol–water partition coefficient (Wildman–Crippen LogP) is 0.0318. The number of nitrogens with one attached hydrogen (secondary N) is 1. The number of hydrogen-bond acceptors (Lipinski definition) is 3. The molecule has 0 aromatic rings. The second-order valence-corrected chi connectivity index (χ2v) is 2.33. The summed E-state index contributed by atoms with van der Waals surface area (Å²) >= 11 is 0. The highest BCUT2D eigenvalue weighted by Gasteiger charge is 2.30. The molecule has 0 bridgehead atoms. The minimum absolute atomic E-state index is 0.0965. The Morgan fingerprint density at radius 3 is 3.09 bits per heavy atom. The fourth-order valence-corrected chi connectivity index (χ4v) is 0.986. The van der Waals surface area contributed by atoms with E-state index in [-0.39, 0.29) is 18.8 Å². The molecule has 1 heterocycles. The van der Waals surface area contributed by atoms with Crippen LogP contribution in [0.4, 0.5) is 4.79 Å². The zero-order valence-corrected chi connectivity index (χ0v) is 6.28. The Morgan fingerprint density at radius 1 is 1.82 bits per heavy atom. The first kappa shape index (κ1) is 8.07. The predicted molar refractivity (Wildman–Crippen MR) is 39.1 cm³/mol. The van der Waals surface area contributed by atoms with Crippen molar-refractivity contribution in [3.63, 3.8) is 0 Å². The Bertz CT molecular complexity index is 179. The van der Waals surface area contributed by atoms with E-state index >= 15 is 0 Å². The molecule has 2 unspecified atom stereocenters. The Labute approximate surface area is 64.9 Å². The van der Waals surface area contributed by atoms with E-state index in [1.165, 1.54) is 0 Å². The fraction of sp³-hybridized carbons (Fsp3) is 0.571. The number of cyclic esters (lactones) is 1. The molecule has 0 aromatic carbocycles. The van der Waals surface area contributed by atoms with Gasteiger partial charge < -0.3 is 15.2 Å². The molecular formula is C7H11NO3. The SMILES string of the molecule is CC=CC1OC(=O)NC1CO. The van der Waals surface area contributed by atoms with Crippen molar-refractivity contribution in [1.82, 2.24) is 5.32 Å². The smallest absolute Gasteiger partial charge is 0.408 e. The molecule has 0 aliphatic carbocycles. The number of ether oxygens (including phenoxy) is 1. The third kappa shape index (κ3) is 1.71. The van der Waals surface area contributed by atoms with E-state index in [2.05, 4.69) is 5.32 Å². The van der Waals surface area contributed by atoms with Gasteiger partial charge in [-0.25, -0.2) is 4.79 Å². The lowest BCUT2D eigenvalue weighted by Gasteiger charge is -2.08. The van der Waals surface area contributed by atoms with Crippen molar-refractivity contribution < 1.29 is 14.6 Å². The van der Waals surface area contributed by atoms with Crippen molar-refractivity contribution in [2.24, 2.45) is 0 Å². The highest BCUT2D eigenvalue weighted by molar-refractivity contribution is 5.70. The molecule has 2 atom stereocenters. The Balaban J connectivity index is 2.57. The van der Waals surface area contributed by atoms with Crippen LogP contribution in [-0.2, 0) is 4.74 Å². The van der Waals surface area contributed by atoms with Crippen LogP contribution in [-0.4, -0.2) is 30.0 Å². The van der Waals surface area contributed by atoms with Gasteiger partial charge in [-0.05, 0) is 13.0 Å². The maximum absolute atomic E-state index is 10.6. The number of carbonyl (C=O) groups is 1. The minimum Gasteiger partial charge on any atom is -0.440 e. The molecule has 0 saturated carbocycles. The fourth-order valence-electron chi connectivity index (χ4n) is 0.986. The van der Waals surface area contributed by atoms with Gasteiger partial charge in [0.15, 0.2) is 0 Å².